The smallest absolute Gasteiger partial charge is 0.336 e. The number of aromatic carboxylic acids is 1. The minimum atomic E-state index is -0.958. The Morgan fingerprint density at radius 1 is 1.53 bits per heavy atom. The van der Waals surface area contributed by atoms with Crippen molar-refractivity contribution in [2.24, 2.45) is 0 Å². The van der Waals surface area contributed by atoms with Gasteiger partial charge in [-0.3, -0.25) is 0 Å². The molecule has 2 aromatic rings. The molecule has 0 saturated heterocycles. The van der Waals surface area contributed by atoms with Gasteiger partial charge in [0.05, 0.1) is 11.3 Å². The van der Waals surface area contributed by atoms with Crippen LogP contribution >= 0.6 is 27.7 Å². The molecule has 4 nitrogen and oxygen atoms in total. The van der Waals surface area contributed by atoms with Gasteiger partial charge in [0.25, 0.3) is 5.22 Å². The van der Waals surface area contributed by atoms with Crippen molar-refractivity contribution in [3.63, 3.8) is 0 Å². The Bertz CT molecular complexity index is 568. The first kappa shape index (κ1) is 12.2. The van der Waals surface area contributed by atoms with E-state index in [1.165, 1.54) is 11.8 Å². The van der Waals surface area contributed by atoms with Crippen molar-refractivity contribution in [3.8, 4) is 0 Å². The number of halogens is 1. The highest BCUT2D eigenvalue weighted by Gasteiger charge is 2.10. The molecule has 0 aliphatic heterocycles. The Morgan fingerprint density at radius 2 is 2.29 bits per heavy atom. The maximum Gasteiger partial charge on any atom is 0.336 e. The molecule has 0 radical (unpaired) electrons. The number of benzene rings is 1. The Kier molecular flexibility index (Phi) is 3.54. The molecule has 88 valence electrons. The van der Waals surface area contributed by atoms with Crippen LogP contribution in [0.2, 0.25) is 0 Å². The highest BCUT2D eigenvalue weighted by molar-refractivity contribution is 9.10. The fourth-order valence-electron chi connectivity index (χ4n) is 1.21. The SMILES string of the molecule is Cc1coc(Sc2ccc(C(=O)O)c(Br)c2)n1. The van der Waals surface area contributed by atoms with Crippen molar-refractivity contribution in [2.45, 2.75) is 17.0 Å². The molecular weight excluding hydrogens is 306 g/mol. The van der Waals surface area contributed by atoms with Gasteiger partial charge in [-0.15, -0.1) is 0 Å². The largest absolute Gasteiger partial charge is 0.478 e. The minimum absolute atomic E-state index is 0.234. The third-order valence-corrected chi connectivity index (χ3v) is 3.48. The zero-order chi connectivity index (χ0) is 12.4. The standard InChI is InChI=1S/C11H8BrNO3S/c1-6-5-16-11(13-6)17-7-2-3-8(10(14)15)9(12)4-7/h2-5H,1H3,(H,14,15). The maximum absolute atomic E-state index is 10.8. The lowest BCUT2D eigenvalue weighted by Crippen LogP contribution is -1.97. The lowest BCUT2D eigenvalue weighted by molar-refractivity contribution is 0.0696. The van der Waals surface area contributed by atoms with Crippen molar-refractivity contribution >= 4 is 33.7 Å². The Hall–Kier alpha value is -1.27. The summed E-state index contributed by atoms with van der Waals surface area (Å²) in [6.07, 6.45) is 1.57. The molecule has 2 rings (SSSR count). The van der Waals surface area contributed by atoms with E-state index in [4.69, 9.17) is 9.52 Å². The first-order valence-corrected chi connectivity index (χ1v) is 6.30. The van der Waals surface area contributed by atoms with Gasteiger partial charge in [0.2, 0.25) is 0 Å². The number of nitrogens with zero attached hydrogens (tertiary/aromatic N) is 1. The first-order chi connectivity index (χ1) is 8.06. The molecule has 0 unspecified atom stereocenters. The number of aryl methyl sites for hydroxylation is 1. The molecule has 17 heavy (non-hydrogen) atoms. The molecule has 1 N–H and O–H groups in total. The predicted octanol–water partition coefficient (Wildman–Crippen LogP) is 3.59. The molecular formula is C11H8BrNO3S. The van der Waals surface area contributed by atoms with Gasteiger partial charge in [0.1, 0.15) is 6.26 Å². The molecule has 0 spiro atoms. The molecule has 1 aromatic heterocycles. The Balaban J connectivity index is 2.23. The fourth-order valence-corrected chi connectivity index (χ4v) is 2.71. The third-order valence-electron chi connectivity index (χ3n) is 1.97. The summed E-state index contributed by atoms with van der Waals surface area (Å²) in [6.45, 7) is 1.84. The van der Waals surface area contributed by atoms with Crippen molar-refractivity contribution in [1.29, 1.82) is 0 Å². The van der Waals surface area contributed by atoms with Gasteiger partial charge in [-0.05, 0) is 52.8 Å². The number of rotatable bonds is 3. The van der Waals surface area contributed by atoms with E-state index in [0.717, 1.165) is 10.6 Å². The maximum atomic E-state index is 10.8. The Morgan fingerprint density at radius 3 is 2.82 bits per heavy atom. The Labute approximate surface area is 110 Å². The van der Waals surface area contributed by atoms with E-state index in [2.05, 4.69) is 20.9 Å². The second-order valence-electron chi connectivity index (χ2n) is 3.30. The van der Waals surface area contributed by atoms with Crippen LogP contribution in [0.4, 0.5) is 0 Å². The summed E-state index contributed by atoms with van der Waals surface area (Å²) in [5.74, 6) is -0.958. The average molecular weight is 314 g/mol. The quantitative estimate of drug-likeness (QED) is 0.938. The molecule has 0 aliphatic rings. The van der Waals surface area contributed by atoms with Crippen molar-refractivity contribution in [2.75, 3.05) is 0 Å². The monoisotopic (exact) mass is 313 g/mol. The number of carboxylic acids is 1. The minimum Gasteiger partial charge on any atom is -0.478 e. The molecule has 1 aromatic carbocycles. The molecule has 0 amide bonds. The summed E-state index contributed by atoms with van der Waals surface area (Å²) in [6, 6.07) is 5.00. The predicted molar refractivity (Wildman–Crippen MR) is 66.5 cm³/mol. The van der Waals surface area contributed by atoms with Crippen LogP contribution in [-0.4, -0.2) is 16.1 Å². The number of oxazole rings is 1. The van der Waals surface area contributed by atoms with Gasteiger partial charge in [-0.1, -0.05) is 0 Å². The van der Waals surface area contributed by atoms with Gasteiger partial charge in [0.15, 0.2) is 0 Å². The zero-order valence-corrected chi connectivity index (χ0v) is 11.2. The summed E-state index contributed by atoms with van der Waals surface area (Å²) < 4.78 is 5.75. The summed E-state index contributed by atoms with van der Waals surface area (Å²) in [7, 11) is 0. The topological polar surface area (TPSA) is 63.3 Å². The zero-order valence-electron chi connectivity index (χ0n) is 8.81. The number of hydrogen-bond acceptors (Lipinski definition) is 4. The molecule has 1 heterocycles. The highest BCUT2D eigenvalue weighted by Crippen LogP contribution is 2.30. The van der Waals surface area contributed by atoms with Crippen LogP contribution in [0.25, 0.3) is 0 Å². The second kappa shape index (κ2) is 4.93. The second-order valence-corrected chi connectivity index (χ2v) is 5.18. The van der Waals surface area contributed by atoms with E-state index in [0.29, 0.717) is 9.70 Å². The molecule has 6 heteroatoms. The van der Waals surface area contributed by atoms with Crippen molar-refractivity contribution in [3.05, 3.63) is 40.2 Å². The van der Waals surface area contributed by atoms with Crippen LogP contribution < -0.4 is 0 Å². The van der Waals surface area contributed by atoms with E-state index < -0.39 is 5.97 Å². The van der Waals surface area contributed by atoms with E-state index in [9.17, 15) is 4.79 Å². The summed E-state index contributed by atoms with van der Waals surface area (Å²) in [5.41, 5.74) is 1.05. The molecule has 0 saturated carbocycles. The average Bonchev–Trinajstić information content (AvgIpc) is 2.63. The third kappa shape index (κ3) is 2.89. The summed E-state index contributed by atoms with van der Waals surface area (Å²) >= 11 is 4.56. The van der Waals surface area contributed by atoms with Crippen molar-refractivity contribution in [1.82, 2.24) is 4.98 Å². The van der Waals surface area contributed by atoms with Crippen LogP contribution in [0.3, 0.4) is 0 Å². The van der Waals surface area contributed by atoms with Gasteiger partial charge < -0.3 is 9.52 Å². The number of carbonyl (C=O) groups is 1. The number of aromatic nitrogens is 1. The molecule has 0 atom stereocenters. The normalized spacial score (nSPS) is 10.5. The van der Waals surface area contributed by atoms with E-state index in [1.54, 1.807) is 24.5 Å². The van der Waals surface area contributed by atoms with Gasteiger partial charge >= 0.3 is 5.97 Å². The van der Waals surface area contributed by atoms with Crippen LogP contribution in [0.15, 0.2) is 43.5 Å². The van der Waals surface area contributed by atoms with Crippen LogP contribution in [0.1, 0.15) is 16.1 Å². The fraction of sp³-hybridized carbons (Fsp3) is 0.0909. The van der Waals surface area contributed by atoms with Gasteiger partial charge in [0, 0.05) is 9.37 Å². The molecule has 0 aliphatic carbocycles. The lowest BCUT2D eigenvalue weighted by atomic mass is 10.2. The molecule has 0 bridgehead atoms. The molecule has 0 fully saturated rings. The van der Waals surface area contributed by atoms with Gasteiger partial charge in [-0.25, -0.2) is 9.78 Å². The highest BCUT2D eigenvalue weighted by atomic mass is 79.9. The number of carboxylic acid groups (broad SMARTS) is 1. The lowest BCUT2D eigenvalue weighted by Gasteiger charge is -2.01. The van der Waals surface area contributed by atoms with Crippen LogP contribution in [0, 0.1) is 6.92 Å². The van der Waals surface area contributed by atoms with Crippen LogP contribution in [-0.2, 0) is 0 Å². The van der Waals surface area contributed by atoms with Crippen LogP contribution in [0.5, 0.6) is 0 Å². The van der Waals surface area contributed by atoms with E-state index in [1.807, 2.05) is 6.92 Å². The summed E-state index contributed by atoms with van der Waals surface area (Å²) in [4.78, 5) is 15.8. The number of hydrogen-bond donors (Lipinski definition) is 1. The first-order valence-electron chi connectivity index (χ1n) is 4.69. The summed E-state index contributed by atoms with van der Waals surface area (Å²) in [5, 5.41) is 9.42. The van der Waals surface area contributed by atoms with E-state index >= 15 is 0 Å². The van der Waals surface area contributed by atoms with Gasteiger partial charge in [-0.2, -0.15) is 0 Å². The van der Waals surface area contributed by atoms with Crippen molar-refractivity contribution < 1.29 is 14.3 Å². The van der Waals surface area contributed by atoms with E-state index in [-0.39, 0.29) is 5.56 Å².